The summed E-state index contributed by atoms with van der Waals surface area (Å²) in [6.07, 6.45) is 2.41. The number of hydrogen-bond acceptors (Lipinski definition) is 9. The van der Waals surface area contributed by atoms with Crippen molar-refractivity contribution >= 4 is 60.5 Å². The maximum atomic E-state index is 12.9. The molecule has 12 heteroatoms. The molecule has 168 valence electrons. The number of carbonyl (C=O) groups excluding carboxylic acids is 1. The number of aliphatic hydroxyl groups excluding tert-OH is 2. The van der Waals surface area contributed by atoms with Gasteiger partial charge in [-0.15, -0.1) is 0 Å². The highest BCUT2D eigenvalue weighted by atomic mass is 127. The van der Waals surface area contributed by atoms with Gasteiger partial charge in [0, 0.05) is 24.8 Å². The van der Waals surface area contributed by atoms with Crippen LogP contribution in [0.5, 0.6) is 0 Å². The van der Waals surface area contributed by atoms with E-state index in [0.29, 0.717) is 29.7 Å². The van der Waals surface area contributed by atoms with Crippen LogP contribution in [0.15, 0.2) is 40.5 Å². The maximum Gasteiger partial charge on any atom is 0.280 e. The van der Waals surface area contributed by atoms with Crippen LogP contribution in [0.3, 0.4) is 0 Å². The number of halogens is 1. The molecule has 31 heavy (non-hydrogen) atoms. The third-order valence-corrected chi connectivity index (χ3v) is 8.62. The molecular weight excluding hydrogens is 557 g/mol. The van der Waals surface area contributed by atoms with E-state index in [0.717, 1.165) is 11.3 Å². The van der Waals surface area contributed by atoms with Gasteiger partial charge in [-0.3, -0.25) is 10.1 Å². The summed E-state index contributed by atoms with van der Waals surface area (Å²) in [5, 5.41) is 25.2. The van der Waals surface area contributed by atoms with E-state index in [-0.39, 0.29) is 27.6 Å². The van der Waals surface area contributed by atoms with E-state index in [2.05, 4.69) is 15.5 Å². The van der Waals surface area contributed by atoms with Crippen LogP contribution in [-0.4, -0.2) is 51.2 Å². The molecule has 2 aromatic rings. The van der Waals surface area contributed by atoms with Gasteiger partial charge in [-0.2, -0.15) is 0 Å². The topological polar surface area (TPSA) is 138 Å². The van der Waals surface area contributed by atoms with Gasteiger partial charge in [-0.05, 0) is 54.5 Å². The summed E-state index contributed by atoms with van der Waals surface area (Å²) in [5.74, 6) is -0.600. The number of nitrogens with zero attached hydrogens (tertiary/aromatic N) is 2. The van der Waals surface area contributed by atoms with Crippen molar-refractivity contribution in [1.29, 1.82) is 0 Å². The number of aliphatic hydroxyl groups is 2. The smallest absolute Gasteiger partial charge is 0.280 e. The van der Waals surface area contributed by atoms with Crippen molar-refractivity contribution in [2.75, 3.05) is 11.9 Å². The minimum absolute atomic E-state index is 0.0660. The molecule has 0 bridgehead atoms. The van der Waals surface area contributed by atoms with Gasteiger partial charge in [0.25, 0.3) is 5.91 Å². The van der Waals surface area contributed by atoms with Crippen LogP contribution in [0.25, 0.3) is 0 Å². The van der Waals surface area contributed by atoms with E-state index in [4.69, 9.17) is 9.94 Å². The van der Waals surface area contributed by atoms with Gasteiger partial charge in [0.15, 0.2) is 24.8 Å². The van der Waals surface area contributed by atoms with E-state index < -0.39 is 26.0 Å². The molecule has 9 nitrogen and oxygen atoms in total. The summed E-state index contributed by atoms with van der Waals surface area (Å²) in [7, 11) is -3.35. The van der Waals surface area contributed by atoms with Gasteiger partial charge in [-0.25, -0.2) is 13.4 Å². The fourth-order valence-corrected chi connectivity index (χ4v) is 5.35. The van der Waals surface area contributed by atoms with Crippen LogP contribution in [0.1, 0.15) is 42.7 Å². The van der Waals surface area contributed by atoms with Crippen molar-refractivity contribution in [2.24, 2.45) is 5.16 Å². The molecule has 1 saturated carbocycles. The fraction of sp³-hybridized carbons (Fsp3) is 0.421. The number of nitrogens with one attached hydrogen (secondary N) is 1. The zero-order valence-corrected chi connectivity index (χ0v) is 20.4. The standard InChI is InChI=1S/C19H22IN3O6S2/c1-11(25)15-10-21-19(30-15)22-18(26)17(23-29-16(20)8-9-24)12-2-4-13(5-3-12)31(27,28)14-6-7-14/h2-5,10-11,14,16,24-25H,6-9H2,1H3,(H,21,22,26)/b23-17+/t11?,16-/m1/s1. The second-order valence-corrected chi connectivity index (χ2v) is 11.6. The first-order chi connectivity index (χ1) is 14.7. The lowest BCUT2D eigenvalue weighted by Gasteiger charge is -2.10. The molecule has 3 N–H and O–H groups in total. The van der Waals surface area contributed by atoms with Crippen molar-refractivity contribution in [3.05, 3.63) is 40.9 Å². The number of oxime groups is 1. The van der Waals surface area contributed by atoms with Crippen molar-refractivity contribution in [3.8, 4) is 0 Å². The Morgan fingerprint density at radius 1 is 1.39 bits per heavy atom. The van der Waals surface area contributed by atoms with Crippen LogP contribution >= 0.6 is 33.9 Å². The van der Waals surface area contributed by atoms with Crippen LogP contribution in [0.4, 0.5) is 5.13 Å². The number of carbonyl (C=O) groups is 1. The van der Waals surface area contributed by atoms with E-state index in [9.17, 15) is 18.3 Å². The Hall–Kier alpha value is -1.61. The van der Waals surface area contributed by atoms with Gasteiger partial charge in [0.1, 0.15) is 0 Å². The van der Waals surface area contributed by atoms with E-state index in [1.807, 2.05) is 22.6 Å². The number of benzene rings is 1. The van der Waals surface area contributed by atoms with E-state index in [1.54, 1.807) is 6.92 Å². The fourth-order valence-electron chi connectivity index (χ4n) is 2.56. The maximum absolute atomic E-state index is 12.9. The van der Waals surface area contributed by atoms with Crippen LogP contribution < -0.4 is 5.32 Å². The average Bonchev–Trinajstić information content (AvgIpc) is 3.49. The molecule has 1 fully saturated rings. The molecular formula is C19H22IN3O6S2. The summed E-state index contributed by atoms with van der Waals surface area (Å²) in [6.45, 7) is 1.50. The Bertz CT molecular complexity index is 1050. The van der Waals surface area contributed by atoms with Gasteiger partial charge < -0.3 is 15.1 Å². The van der Waals surface area contributed by atoms with Gasteiger partial charge >= 0.3 is 0 Å². The Labute approximate surface area is 197 Å². The Morgan fingerprint density at radius 3 is 2.61 bits per heavy atom. The normalized spacial score (nSPS) is 16.6. The summed E-state index contributed by atoms with van der Waals surface area (Å²) in [4.78, 5) is 23.1. The summed E-state index contributed by atoms with van der Waals surface area (Å²) < 4.78 is 24.4. The number of anilines is 1. The number of sulfone groups is 1. The highest BCUT2D eigenvalue weighted by Crippen LogP contribution is 2.33. The first-order valence-electron chi connectivity index (χ1n) is 9.50. The zero-order chi connectivity index (χ0) is 22.6. The minimum atomic E-state index is -3.35. The number of rotatable bonds is 10. The second-order valence-electron chi connectivity index (χ2n) is 6.93. The first kappa shape index (κ1) is 24.0. The Morgan fingerprint density at radius 2 is 2.06 bits per heavy atom. The van der Waals surface area contributed by atoms with Crippen molar-refractivity contribution < 1.29 is 28.3 Å². The first-order valence-corrected chi connectivity index (χ1v) is 13.1. The molecule has 1 aliphatic rings. The number of amides is 1. The summed E-state index contributed by atoms with van der Waals surface area (Å²) in [6, 6.07) is 5.93. The molecule has 0 aliphatic heterocycles. The highest BCUT2D eigenvalue weighted by molar-refractivity contribution is 14.1. The van der Waals surface area contributed by atoms with Gasteiger partial charge in [0.05, 0.1) is 21.1 Å². The average molecular weight is 579 g/mol. The predicted molar refractivity (Wildman–Crippen MR) is 125 cm³/mol. The summed E-state index contributed by atoms with van der Waals surface area (Å²) in [5.41, 5.74) is 0.302. The SMILES string of the molecule is CC(O)c1cnc(NC(=O)/C(=N/O[C@@H](I)CCO)c2ccc(S(=O)(=O)C3CC3)cc2)s1. The molecule has 1 aliphatic carbocycles. The Balaban J connectivity index is 1.84. The zero-order valence-electron chi connectivity index (χ0n) is 16.6. The van der Waals surface area contributed by atoms with E-state index >= 15 is 0 Å². The molecule has 3 rings (SSSR count). The van der Waals surface area contributed by atoms with Crippen LogP contribution in [0.2, 0.25) is 0 Å². The number of hydrogen-bond donors (Lipinski definition) is 3. The lowest BCUT2D eigenvalue weighted by molar-refractivity contribution is -0.110. The lowest BCUT2D eigenvalue weighted by Crippen LogP contribution is -2.25. The molecule has 1 unspecified atom stereocenters. The molecule has 1 aromatic heterocycles. The predicted octanol–water partition coefficient (Wildman–Crippen LogP) is 2.64. The molecule has 0 saturated heterocycles. The molecule has 2 atom stereocenters. The number of aromatic nitrogens is 1. The van der Waals surface area contributed by atoms with Crippen LogP contribution in [0, 0.1) is 0 Å². The van der Waals surface area contributed by atoms with Crippen molar-refractivity contribution in [1.82, 2.24) is 4.98 Å². The second kappa shape index (κ2) is 10.3. The van der Waals surface area contributed by atoms with E-state index in [1.165, 1.54) is 30.5 Å². The molecule has 0 spiro atoms. The third kappa shape index (κ3) is 6.22. The summed E-state index contributed by atoms with van der Waals surface area (Å²) >= 11 is 3.07. The van der Waals surface area contributed by atoms with Crippen molar-refractivity contribution in [2.45, 2.75) is 46.5 Å². The van der Waals surface area contributed by atoms with Gasteiger partial charge in [0.2, 0.25) is 0 Å². The monoisotopic (exact) mass is 579 g/mol. The number of alkyl halides is 1. The molecule has 1 heterocycles. The quantitative estimate of drug-likeness (QED) is 0.170. The van der Waals surface area contributed by atoms with Gasteiger partial charge in [-0.1, -0.05) is 28.6 Å². The third-order valence-electron chi connectivity index (χ3n) is 4.40. The molecule has 1 amide bonds. The van der Waals surface area contributed by atoms with Crippen LogP contribution in [-0.2, 0) is 19.5 Å². The molecule has 0 radical (unpaired) electrons. The largest absolute Gasteiger partial charge is 0.396 e. The lowest BCUT2D eigenvalue weighted by atomic mass is 10.1. The minimum Gasteiger partial charge on any atom is -0.396 e. The van der Waals surface area contributed by atoms with Crippen molar-refractivity contribution in [3.63, 3.8) is 0 Å². The highest BCUT2D eigenvalue weighted by Gasteiger charge is 2.36. The molecule has 1 aromatic carbocycles. The number of thiazole rings is 1. The Kier molecular flexibility index (Phi) is 8.02.